The summed E-state index contributed by atoms with van der Waals surface area (Å²) >= 11 is 0. The monoisotopic (exact) mass is 179 g/mol. The van der Waals surface area contributed by atoms with E-state index in [1.54, 1.807) is 0 Å². The van der Waals surface area contributed by atoms with E-state index in [0.717, 1.165) is 6.54 Å². The molecule has 0 radical (unpaired) electrons. The Bertz CT molecular complexity index is 207. The van der Waals surface area contributed by atoms with E-state index in [1.165, 1.54) is 25.7 Å². The fourth-order valence-corrected chi connectivity index (χ4v) is 2.16. The minimum absolute atomic E-state index is 0.537. The number of rotatable bonds is 2. The first-order valence-electron chi connectivity index (χ1n) is 5.27. The molecule has 1 rings (SSSR count). The molecular weight excluding hydrogens is 158 g/mol. The van der Waals surface area contributed by atoms with Crippen LogP contribution in [-0.4, -0.2) is 12.6 Å². The zero-order valence-corrected chi connectivity index (χ0v) is 9.11. The van der Waals surface area contributed by atoms with Crippen LogP contribution in [-0.2, 0) is 0 Å². The summed E-state index contributed by atoms with van der Waals surface area (Å²) in [5.74, 6) is 5.98. The lowest BCUT2D eigenvalue weighted by molar-refractivity contribution is 0.202. The van der Waals surface area contributed by atoms with E-state index >= 15 is 0 Å². The fourth-order valence-electron chi connectivity index (χ4n) is 2.16. The van der Waals surface area contributed by atoms with Crippen molar-refractivity contribution in [2.24, 2.45) is 5.41 Å². The lowest BCUT2D eigenvalue weighted by atomic mass is 9.75. The molecule has 0 amide bonds. The summed E-state index contributed by atoms with van der Waals surface area (Å²) in [5, 5.41) is 3.50. The highest BCUT2D eigenvalue weighted by molar-refractivity contribution is 4.98. The predicted octanol–water partition coefficient (Wildman–Crippen LogP) is 2.57. The molecule has 0 aromatic heterocycles. The van der Waals surface area contributed by atoms with Crippen LogP contribution in [0.25, 0.3) is 0 Å². The standard InChI is InChI=1S/C12H21N/c1-4-5-9-13-11-7-6-8-12(2,3)10-11/h11,13H,6-10H2,1-3H3. The lowest BCUT2D eigenvalue weighted by Gasteiger charge is -2.35. The second kappa shape index (κ2) is 4.67. The maximum atomic E-state index is 3.50. The van der Waals surface area contributed by atoms with Gasteiger partial charge in [-0.2, -0.15) is 0 Å². The maximum absolute atomic E-state index is 3.50. The third-order valence-electron chi connectivity index (χ3n) is 2.86. The lowest BCUT2D eigenvalue weighted by Crippen LogP contribution is -2.37. The van der Waals surface area contributed by atoms with Gasteiger partial charge in [-0.15, -0.1) is 5.92 Å². The molecule has 74 valence electrons. The van der Waals surface area contributed by atoms with Gasteiger partial charge >= 0.3 is 0 Å². The molecular formula is C12H21N. The van der Waals surface area contributed by atoms with Crippen molar-refractivity contribution in [3.8, 4) is 11.8 Å². The molecule has 1 aliphatic rings. The van der Waals surface area contributed by atoms with Crippen molar-refractivity contribution in [3.05, 3.63) is 0 Å². The number of hydrogen-bond donors (Lipinski definition) is 1. The van der Waals surface area contributed by atoms with Crippen LogP contribution in [0.4, 0.5) is 0 Å². The van der Waals surface area contributed by atoms with E-state index in [0.29, 0.717) is 11.5 Å². The van der Waals surface area contributed by atoms with Crippen molar-refractivity contribution in [1.82, 2.24) is 5.32 Å². The van der Waals surface area contributed by atoms with Crippen LogP contribution in [0, 0.1) is 17.3 Å². The van der Waals surface area contributed by atoms with Crippen molar-refractivity contribution >= 4 is 0 Å². The van der Waals surface area contributed by atoms with Gasteiger partial charge in [-0.05, 0) is 31.6 Å². The highest BCUT2D eigenvalue weighted by atomic mass is 14.9. The highest BCUT2D eigenvalue weighted by Gasteiger charge is 2.27. The molecule has 1 nitrogen and oxygen atoms in total. The van der Waals surface area contributed by atoms with Gasteiger partial charge in [0.25, 0.3) is 0 Å². The normalized spacial score (nSPS) is 26.2. The third kappa shape index (κ3) is 3.83. The summed E-state index contributed by atoms with van der Waals surface area (Å²) in [4.78, 5) is 0. The van der Waals surface area contributed by atoms with E-state index in [4.69, 9.17) is 0 Å². The Hall–Kier alpha value is -0.480. The summed E-state index contributed by atoms with van der Waals surface area (Å²) < 4.78 is 0. The van der Waals surface area contributed by atoms with E-state index in [1.807, 2.05) is 6.92 Å². The van der Waals surface area contributed by atoms with E-state index < -0.39 is 0 Å². The second-order valence-electron chi connectivity index (χ2n) is 4.77. The van der Waals surface area contributed by atoms with Crippen LogP contribution in [0.15, 0.2) is 0 Å². The molecule has 0 saturated heterocycles. The quantitative estimate of drug-likeness (QED) is 0.642. The average Bonchev–Trinajstić information content (AvgIpc) is 2.03. The van der Waals surface area contributed by atoms with Crippen molar-refractivity contribution < 1.29 is 0 Å². The van der Waals surface area contributed by atoms with Crippen LogP contribution in [0.5, 0.6) is 0 Å². The first-order chi connectivity index (χ1) is 6.14. The van der Waals surface area contributed by atoms with Crippen molar-refractivity contribution in [3.63, 3.8) is 0 Å². The van der Waals surface area contributed by atoms with Gasteiger partial charge in [0.2, 0.25) is 0 Å². The summed E-state index contributed by atoms with van der Waals surface area (Å²) in [6.45, 7) is 7.49. The van der Waals surface area contributed by atoms with Crippen molar-refractivity contribution in [2.75, 3.05) is 6.54 Å². The Morgan fingerprint density at radius 1 is 1.46 bits per heavy atom. The van der Waals surface area contributed by atoms with Gasteiger partial charge in [0.05, 0.1) is 6.54 Å². The Morgan fingerprint density at radius 3 is 2.85 bits per heavy atom. The van der Waals surface area contributed by atoms with Crippen LogP contribution >= 0.6 is 0 Å². The first kappa shape index (κ1) is 10.6. The summed E-state index contributed by atoms with van der Waals surface area (Å²) in [7, 11) is 0. The zero-order valence-electron chi connectivity index (χ0n) is 9.11. The molecule has 0 heterocycles. The number of nitrogens with one attached hydrogen (secondary N) is 1. The molecule has 1 heteroatoms. The zero-order chi connectivity index (χ0) is 9.73. The summed E-state index contributed by atoms with van der Waals surface area (Å²) in [5.41, 5.74) is 0.537. The molecule has 1 atom stereocenters. The Kier molecular flexibility index (Phi) is 3.81. The molecule has 1 unspecified atom stereocenters. The minimum Gasteiger partial charge on any atom is -0.303 e. The Balaban J connectivity index is 2.29. The molecule has 1 N–H and O–H groups in total. The van der Waals surface area contributed by atoms with Gasteiger partial charge in [0, 0.05) is 6.04 Å². The molecule has 0 aromatic rings. The first-order valence-corrected chi connectivity index (χ1v) is 5.27. The molecule has 0 aliphatic heterocycles. The largest absolute Gasteiger partial charge is 0.303 e. The van der Waals surface area contributed by atoms with E-state index in [-0.39, 0.29) is 0 Å². The fraction of sp³-hybridized carbons (Fsp3) is 0.833. The average molecular weight is 179 g/mol. The Labute approximate surface area is 82.3 Å². The van der Waals surface area contributed by atoms with Gasteiger partial charge in [-0.25, -0.2) is 0 Å². The highest BCUT2D eigenvalue weighted by Crippen LogP contribution is 2.34. The smallest absolute Gasteiger partial charge is 0.0578 e. The molecule has 0 aromatic carbocycles. The molecule has 13 heavy (non-hydrogen) atoms. The van der Waals surface area contributed by atoms with Crippen molar-refractivity contribution in [1.29, 1.82) is 0 Å². The number of hydrogen-bond acceptors (Lipinski definition) is 1. The van der Waals surface area contributed by atoms with Gasteiger partial charge in [-0.1, -0.05) is 26.2 Å². The molecule has 1 saturated carbocycles. The molecule has 1 fully saturated rings. The summed E-state index contributed by atoms with van der Waals surface area (Å²) in [6, 6.07) is 0.699. The van der Waals surface area contributed by atoms with Crippen LogP contribution in [0.3, 0.4) is 0 Å². The SMILES string of the molecule is CC#CCNC1CCCC(C)(C)C1. The minimum atomic E-state index is 0.537. The van der Waals surface area contributed by atoms with Crippen molar-refractivity contribution in [2.45, 2.75) is 52.5 Å². The van der Waals surface area contributed by atoms with Gasteiger partial charge in [0.15, 0.2) is 0 Å². The maximum Gasteiger partial charge on any atom is 0.0578 e. The molecule has 0 bridgehead atoms. The van der Waals surface area contributed by atoms with Gasteiger partial charge < -0.3 is 5.32 Å². The predicted molar refractivity (Wildman–Crippen MR) is 57.5 cm³/mol. The van der Waals surface area contributed by atoms with Gasteiger partial charge in [0.1, 0.15) is 0 Å². The topological polar surface area (TPSA) is 12.0 Å². The molecule has 0 spiro atoms. The van der Waals surface area contributed by atoms with Crippen LogP contribution in [0.1, 0.15) is 46.5 Å². The van der Waals surface area contributed by atoms with Crippen LogP contribution in [0.2, 0.25) is 0 Å². The van der Waals surface area contributed by atoms with E-state index in [9.17, 15) is 0 Å². The summed E-state index contributed by atoms with van der Waals surface area (Å²) in [6.07, 6.45) is 5.38. The van der Waals surface area contributed by atoms with Gasteiger partial charge in [-0.3, -0.25) is 0 Å². The second-order valence-corrected chi connectivity index (χ2v) is 4.77. The van der Waals surface area contributed by atoms with E-state index in [2.05, 4.69) is 31.0 Å². The molecule has 1 aliphatic carbocycles. The Morgan fingerprint density at radius 2 is 2.23 bits per heavy atom. The third-order valence-corrected chi connectivity index (χ3v) is 2.86. The van der Waals surface area contributed by atoms with Crippen LogP contribution < -0.4 is 5.32 Å².